The summed E-state index contributed by atoms with van der Waals surface area (Å²) in [5.41, 5.74) is 3.18. The van der Waals surface area contributed by atoms with Crippen LogP contribution >= 0.6 is 27.7 Å². The number of hydrogen-bond donors (Lipinski definition) is 0. The van der Waals surface area contributed by atoms with E-state index in [1.54, 1.807) is 11.8 Å². The lowest BCUT2D eigenvalue weighted by atomic mass is 9.98. The summed E-state index contributed by atoms with van der Waals surface area (Å²) in [6.07, 6.45) is 0.581. The lowest BCUT2D eigenvalue weighted by molar-refractivity contribution is -0.113. The number of rotatable bonds is 4. The zero-order chi connectivity index (χ0) is 15.5. The molecule has 0 spiro atoms. The van der Waals surface area contributed by atoms with Crippen molar-refractivity contribution in [3.8, 4) is 0 Å². The van der Waals surface area contributed by atoms with Crippen LogP contribution in [0.3, 0.4) is 0 Å². The first-order valence-corrected chi connectivity index (χ1v) is 9.19. The molecule has 2 aromatic carbocycles. The van der Waals surface area contributed by atoms with Crippen LogP contribution in [0.25, 0.3) is 5.57 Å². The number of hydrogen-bond acceptors (Lipinski definition) is 2. The molecule has 0 radical (unpaired) electrons. The molecule has 0 aliphatic heterocycles. The van der Waals surface area contributed by atoms with E-state index in [0.29, 0.717) is 6.42 Å². The van der Waals surface area contributed by atoms with Gasteiger partial charge in [0.2, 0.25) is 0 Å². The van der Waals surface area contributed by atoms with Crippen LogP contribution in [0, 0.1) is 0 Å². The van der Waals surface area contributed by atoms with Crippen LogP contribution < -0.4 is 0 Å². The molecule has 0 heterocycles. The van der Waals surface area contributed by atoms with E-state index in [-0.39, 0.29) is 11.7 Å². The molecule has 3 rings (SSSR count). The van der Waals surface area contributed by atoms with Gasteiger partial charge in [0.1, 0.15) is 0 Å². The number of halogens is 1. The van der Waals surface area contributed by atoms with E-state index >= 15 is 0 Å². The van der Waals surface area contributed by atoms with Gasteiger partial charge in [0.05, 0.1) is 0 Å². The van der Waals surface area contributed by atoms with Gasteiger partial charge < -0.3 is 0 Å². The summed E-state index contributed by atoms with van der Waals surface area (Å²) in [6.45, 7) is 2.14. The highest BCUT2D eigenvalue weighted by Crippen LogP contribution is 2.47. The lowest BCUT2D eigenvalue weighted by Gasteiger charge is -2.14. The highest BCUT2D eigenvalue weighted by atomic mass is 79.9. The Morgan fingerprint density at radius 3 is 2.41 bits per heavy atom. The molecule has 1 unspecified atom stereocenters. The van der Waals surface area contributed by atoms with Crippen molar-refractivity contribution in [2.75, 3.05) is 5.75 Å². The largest absolute Gasteiger partial charge is 0.294 e. The number of Topliss-reactive ketones (excluding diaryl/α,β-unsaturated/α-hetero) is 1. The van der Waals surface area contributed by atoms with E-state index < -0.39 is 0 Å². The first-order chi connectivity index (χ1) is 10.7. The minimum Gasteiger partial charge on any atom is -0.294 e. The van der Waals surface area contributed by atoms with Crippen molar-refractivity contribution in [3.05, 3.63) is 75.1 Å². The molecule has 22 heavy (non-hydrogen) atoms. The Hall–Kier alpha value is -1.32. The number of carbonyl (C=O) groups excluding carboxylic acids is 1. The molecule has 0 saturated heterocycles. The third kappa shape index (κ3) is 3.06. The summed E-state index contributed by atoms with van der Waals surface area (Å²) in [5.74, 6) is 1.44. The molecule has 112 valence electrons. The van der Waals surface area contributed by atoms with E-state index in [9.17, 15) is 4.79 Å². The summed E-state index contributed by atoms with van der Waals surface area (Å²) in [6, 6.07) is 18.4. The highest BCUT2D eigenvalue weighted by molar-refractivity contribution is 9.10. The topological polar surface area (TPSA) is 17.1 Å². The zero-order valence-corrected chi connectivity index (χ0v) is 14.8. The summed E-state index contributed by atoms with van der Waals surface area (Å²) in [7, 11) is 0. The van der Waals surface area contributed by atoms with Crippen molar-refractivity contribution < 1.29 is 4.79 Å². The molecule has 0 saturated carbocycles. The van der Waals surface area contributed by atoms with Crippen molar-refractivity contribution in [2.24, 2.45) is 0 Å². The van der Waals surface area contributed by atoms with Gasteiger partial charge in [0.15, 0.2) is 5.78 Å². The molecule has 1 aliphatic carbocycles. The van der Waals surface area contributed by atoms with Gasteiger partial charge >= 0.3 is 0 Å². The number of carbonyl (C=O) groups is 1. The maximum absolute atomic E-state index is 12.6. The molecule has 3 heteroatoms. The van der Waals surface area contributed by atoms with Crippen molar-refractivity contribution in [1.82, 2.24) is 0 Å². The Morgan fingerprint density at radius 2 is 1.77 bits per heavy atom. The molecule has 0 amide bonds. The van der Waals surface area contributed by atoms with Crippen LogP contribution in [0.1, 0.15) is 30.4 Å². The van der Waals surface area contributed by atoms with Crippen LogP contribution in [0.4, 0.5) is 0 Å². The first kappa shape index (κ1) is 15.6. The molecule has 1 aliphatic rings. The second-order valence-corrected chi connectivity index (χ2v) is 7.49. The van der Waals surface area contributed by atoms with Gasteiger partial charge in [-0.2, -0.15) is 0 Å². The Labute approximate surface area is 143 Å². The Morgan fingerprint density at radius 1 is 1.09 bits per heavy atom. The zero-order valence-electron chi connectivity index (χ0n) is 12.4. The van der Waals surface area contributed by atoms with Crippen molar-refractivity contribution in [2.45, 2.75) is 19.3 Å². The van der Waals surface area contributed by atoms with E-state index in [1.807, 2.05) is 42.5 Å². The lowest BCUT2D eigenvalue weighted by Crippen LogP contribution is -1.98. The fourth-order valence-corrected chi connectivity index (χ4v) is 4.27. The fraction of sp³-hybridized carbons (Fsp3) is 0.211. The number of allylic oxidation sites excluding steroid dienone is 2. The number of thioether (sulfide) groups is 1. The SMILES string of the molecule is CCSC1=C(c2ccc(Br)cc2)C(=O)CC1c1ccccc1. The quantitative estimate of drug-likeness (QED) is 0.687. The predicted molar refractivity (Wildman–Crippen MR) is 98.0 cm³/mol. The Kier molecular flexibility index (Phi) is 4.84. The predicted octanol–water partition coefficient (Wildman–Crippen LogP) is 5.67. The van der Waals surface area contributed by atoms with Crippen LogP contribution in [0.2, 0.25) is 0 Å². The van der Waals surface area contributed by atoms with Gasteiger partial charge in [-0.05, 0) is 29.0 Å². The first-order valence-electron chi connectivity index (χ1n) is 7.41. The van der Waals surface area contributed by atoms with Crippen LogP contribution in [0.15, 0.2) is 64.0 Å². The molecule has 1 atom stereocenters. The highest BCUT2D eigenvalue weighted by Gasteiger charge is 2.33. The Bertz CT molecular complexity index is 704. The summed E-state index contributed by atoms with van der Waals surface area (Å²) >= 11 is 5.26. The van der Waals surface area contributed by atoms with Gasteiger partial charge in [0, 0.05) is 27.3 Å². The molecule has 0 N–H and O–H groups in total. The smallest absolute Gasteiger partial charge is 0.165 e. The maximum Gasteiger partial charge on any atom is 0.165 e. The molecule has 0 bridgehead atoms. The van der Waals surface area contributed by atoms with Crippen LogP contribution in [-0.4, -0.2) is 11.5 Å². The average Bonchev–Trinajstić information content (AvgIpc) is 2.86. The number of ketones is 1. The summed E-state index contributed by atoms with van der Waals surface area (Å²) in [5, 5.41) is 0. The minimum absolute atomic E-state index is 0.206. The minimum atomic E-state index is 0.206. The van der Waals surface area contributed by atoms with Crippen molar-refractivity contribution in [1.29, 1.82) is 0 Å². The number of benzene rings is 2. The second-order valence-electron chi connectivity index (χ2n) is 5.27. The van der Waals surface area contributed by atoms with Gasteiger partial charge in [-0.3, -0.25) is 4.79 Å². The molecular formula is C19H17BrOS. The normalized spacial score (nSPS) is 18.1. The van der Waals surface area contributed by atoms with Gasteiger partial charge in [-0.15, -0.1) is 11.8 Å². The van der Waals surface area contributed by atoms with Gasteiger partial charge in [0.25, 0.3) is 0 Å². The second kappa shape index (κ2) is 6.84. The third-order valence-corrected chi connectivity index (χ3v) is 5.48. The van der Waals surface area contributed by atoms with E-state index in [0.717, 1.165) is 21.4 Å². The van der Waals surface area contributed by atoms with Crippen LogP contribution in [0.5, 0.6) is 0 Å². The molecule has 1 nitrogen and oxygen atoms in total. The van der Waals surface area contributed by atoms with E-state index in [1.165, 1.54) is 10.5 Å². The third-order valence-electron chi connectivity index (χ3n) is 3.87. The van der Waals surface area contributed by atoms with Crippen molar-refractivity contribution in [3.63, 3.8) is 0 Å². The monoisotopic (exact) mass is 372 g/mol. The van der Waals surface area contributed by atoms with E-state index in [2.05, 4.69) is 35.0 Å². The molecular weight excluding hydrogens is 356 g/mol. The standard InChI is InChI=1S/C19H17BrOS/c1-2-22-19-16(13-6-4-3-5-7-13)12-17(21)18(19)14-8-10-15(20)11-9-14/h3-11,16H,2,12H2,1H3. The van der Waals surface area contributed by atoms with Crippen LogP contribution in [-0.2, 0) is 4.79 Å². The van der Waals surface area contributed by atoms with E-state index in [4.69, 9.17) is 0 Å². The molecule has 0 fully saturated rings. The fourth-order valence-electron chi connectivity index (χ4n) is 2.89. The van der Waals surface area contributed by atoms with Gasteiger partial charge in [-0.25, -0.2) is 0 Å². The maximum atomic E-state index is 12.6. The summed E-state index contributed by atoms with van der Waals surface area (Å²) < 4.78 is 1.03. The van der Waals surface area contributed by atoms with Crippen molar-refractivity contribution >= 4 is 39.0 Å². The summed E-state index contributed by atoms with van der Waals surface area (Å²) in [4.78, 5) is 13.9. The Balaban J connectivity index is 2.08. The average molecular weight is 373 g/mol. The van der Waals surface area contributed by atoms with Gasteiger partial charge in [-0.1, -0.05) is 65.3 Å². The molecule has 0 aromatic heterocycles. The molecule has 2 aromatic rings.